The van der Waals surface area contributed by atoms with Gasteiger partial charge in [-0.3, -0.25) is 0 Å². The van der Waals surface area contributed by atoms with Crippen LogP contribution in [0.4, 0.5) is 8.78 Å². The van der Waals surface area contributed by atoms with Crippen molar-refractivity contribution in [3.63, 3.8) is 0 Å². The molecule has 0 spiro atoms. The van der Waals surface area contributed by atoms with Gasteiger partial charge in [-0.2, -0.15) is 0 Å². The van der Waals surface area contributed by atoms with Crippen molar-refractivity contribution in [2.24, 2.45) is 0 Å². The summed E-state index contributed by atoms with van der Waals surface area (Å²) in [5.41, 5.74) is 1.36. The first-order chi connectivity index (χ1) is 9.52. The fourth-order valence-corrected chi connectivity index (χ4v) is 3.40. The minimum atomic E-state index is -0.813. The van der Waals surface area contributed by atoms with Crippen molar-refractivity contribution < 1.29 is 8.78 Å². The van der Waals surface area contributed by atoms with Gasteiger partial charge in [-0.05, 0) is 42.8 Å². The molecule has 5 heteroatoms. The first-order valence-electron chi connectivity index (χ1n) is 6.08. The third-order valence-corrected chi connectivity index (χ3v) is 4.32. The first kappa shape index (κ1) is 15.6. The number of benzene rings is 2. The SMILES string of the molecule is CNC(Cc1cccc(F)c1F)c1ccc(Br)cc1Br. The van der Waals surface area contributed by atoms with E-state index in [2.05, 4.69) is 37.2 Å². The molecule has 1 atom stereocenters. The molecule has 0 bridgehead atoms. The van der Waals surface area contributed by atoms with Gasteiger partial charge in [-0.1, -0.05) is 50.1 Å². The predicted octanol–water partition coefficient (Wildman–Crippen LogP) is 4.99. The van der Waals surface area contributed by atoms with E-state index in [0.717, 1.165) is 20.6 Å². The minimum Gasteiger partial charge on any atom is -0.313 e. The van der Waals surface area contributed by atoms with Crippen molar-refractivity contribution >= 4 is 31.9 Å². The van der Waals surface area contributed by atoms with Crippen LogP contribution in [0.1, 0.15) is 17.2 Å². The van der Waals surface area contributed by atoms with Gasteiger partial charge in [0, 0.05) is 15.0 Å². The summed E-state index contributed by atoms with van der Waals surface area (Å²) in [6, 6.07) is 9.96. The summed E-state index contributed by atoms with van der Waals surface area (Å²) in [6.45, 7) is 0. The van der Waals surface area contributed by atoms with Gasteiger partial charge in [-0.25, -0.2) is 8.78 Å². The van der Waals surface area contributed by atoms with Crippen LogP contribution in [0.2, 0.25) is 0 Å². The normalized spacial score (nSPS) is 12.4. The fraction of sp³-hybridized carbons (Fsp3) is 0.200. The molecule has 20 heavy (non-hydrogen) atoms. The van der Waals surface area contributed by atoms with Gasteiger partial charge >= 0.3 is 0 Å². The minimum absolute atomic E-state index is 0.103. The van der Waals surface area contributed by atoms with E-state index in [4.69, 9.17) is 0 Å². The lowest BCUT2D eigenvalue weighted by Crippen LogP contribution is -2.20. The van der Waals surface area contributed by atoms with Gasteiger partial charge in [0.05, 0.1) is 0 Å². The van der Waals surface area contributed by atoms with Gasteiger partial charge in [0.15, 0.2) is 11.6 Å². The van der Waals surface area contributed by atoms with Crippen LogP contribution in [0.25, 0.3) is 0 Å². The van der Waals surface area contributed by atoms with Crippen LogP contribution in [0.5, 0.6) is 0 Å². The molecule has 0 radical (unpaired) electrons. The smallest absolute Gasteiger partial charge is 0.162 e. The molecule has 1 nitrogen and oxygen atoms in total. The standard InChI is InChI=1S/C15H13Br2F2N/c1-20-14(11-6-5-10(16)8-12(11)17)7-9-3-2-4-13(18)15(9)19/h2-6,8,14,20H,7H2,1H3. The second-order valence-corrected chi connectivity index (χ2v) is 6.19. The van der Waals surface area contributed by atoms with Crippen LogP contribution in [0, 0.1) is 11.6 Å². The maximum absolute atomic E-state index is 13.8. The van der Waals surface area contributed by atoms with Crippen molar-refractivity contribution in [3.8, 4) is 0 Å². The summed E-state index contributed by atoms with van der Waals surface area (Å²) in [5.74, 6) is -1.59. The largest absolute Gasteiger partial charge is 0.313 e. The molecule has 2 aromatic carbocycles. The monoisotopic (exact) mass is 403 g/mol. The highest BCUT2D eigenvalue weighted by Gasteiger charge is 2.17. The van der Waals surface area contributed by atoms with Crippen molar-refractivity contribution in [2.75, 3.05) is 7.05 Å². The Morgan fingerprint density at radius 1 is 1.15 bits per heavy atom. The molecule has 106 valence electrons. The Morgan fingerprint density at radius 2 is 1.90 bits per heavy atom. The Balaban J connectivity index is 2.31. The lowest BCUT2D eigenvalue weighted by atomic mass is 9.98. The Labute approximate surface area is 133 Å². The van der Waals surface area contributed by atoms with Crippen LogP contribution in [0.3, 0.4) is 0 Å². The molecule has 0 saturated carbocycles. The molecule has 2 aromatic rings. The van der Waals surface area contributed by atoms with Crippen molar-refractivity contribution in [1.29, 1.82) is 0 Å². The summed E-state index contributed by atoms with van der Waals surface area (Å²) < 4.78 is 28.9. The summed E-state index contributed by atoms with van der Waals surface area (Å²) in [7, 11) is 1.80. The third-order valence-electron chi connectivity index (χ3n) is 3.14. The second kappa shape index (κ2) is 6.78. The average molecular weight is 405 g/mol. The Morgan fingerprint density at radius 3 is 2.55 bits per heavy atom. The number of halogens is 4. The quantitative estimate of drug-likeness (QED) is 0.756. The Bertz CT molecular complexity index is 617. The molecular weight excluding hydrogens is 392 g/mol. The van der Waals surface area contributed by atoms with E-state index in [0.29, 0.717) is 12.0 Å². The zero-order chi connectivity index (χ0) is 14.7. The highest BCUT2D eigenvalue weighted by molar-refractivity contribution is 9.11. The van der Waals surface area contributed by atoms with Crippen LogP contribution < -0.4 is 5.32 Å². The number of rotatable bonds is 4. The number of hydrogen-bond acceptors (Lipinski definition) is 1. The maximum atomic E-state index is 13.8. The Kier molecular flexibility index (Phi) is 5.29. The van der Waals surface area contributed by atoms with E-state index in [1.165, 1.54) is 6.07 Å². The van der Waals surface area contributed by atoms with Crippen molar-refractivity contribution in [3.05, 3.63) is 68.1 Å². The van der Waals surface area contributed by atoms with E-state index in [1.807, 2.05) is 18.2 Å². The van der Waals surface area contributed by atoms with Crippen LogP contribution in [0.15, 0.2) is 45.3 Å². The predicted molar refractivity (Wildman–Crippen MR) is 83.7 cm³/mol. The van der Waals surface area contributed by atoms with E-state index in [1.54, 1.807) is 13.1 Å². The fourth-order valence-electron chi connectivity index (χ4n) is 2.08. The van der Waals surface area contributed by atoms with Gasteiger partial charge in [-0.15, -0.1) is 0 Å². The Hall–Kier alpha value is -0.780. The molecule has 0 amide bonds. The molecule has 0 aliphatic rings. The highest BCUT2D eigenvalue weighted by Crippen LogP contribution is 2.29. The number of likely N-dealkylation sites (N-methyl/N-ethyl adjacent to an activating group) is 1. The molecule has 0 aliphatic heterocycles. The summed E-state index contributed by atoms with van der Waals surface area (Å²) in [6.07, 6.45) is 0.375. The molecule has 0 fully saturated rings. The highest BCUT2D eigenvalue weighted by atomic mass is 79.9. The van der Waals surface area contributed by atoms with E-state index >= 15 is 0 Å². The molecule has 1 N–H and O–H groups in total. The first-order valence-corrected chi connectivity index (χ1v) is 7.66. The topological polar surface area (TPSA) is 12.0 Å². The zero-order valence-corrected chi connectivity index (χ0v) is 13.9. The molecule has 0 aromatic heterocycles. The number of nitrogens with one attached hydrogen (secondary N) is 1. The molecule has 0 aliphatic carbocycles. The summed E-state index contributed by atoms with van der Waals surface area (Å²) >= 11 is 6.89. The average Bonchev–Trinajstić information content (AvgIpc) is 2.41. The lowest BCUT2D eigenvalue weighted by molar-refractivity contribution is 0.486. The van der Waals surface area contributed by atoms with Crippen molar-refractivity contribution in [1.82, 2.24) is 5.32 Å². The van der Waals surface area contributed by atoms with Crippen LogP contribution >= 0.6 is 31.9 Å². The number of hydrogen-bond donors (Lipinski definition) is 1. The molecular formula is C15H13Br2F2N. The second-order valence-electron chi connectivity index (χ2n) is 4.42. The van der Waals surface area contributed by atoms with E-state index in [9.17, 15) is 8.78 Å². The lowest BCUT2D eigenvalue weighted by Gasteiger charge is -2.19. The molecule has 2 rings (SSSR count). The third kappa shape index (κ3) is 3.45. The van der Waals surface area contributed by atoms with Gasteiger partial charge in [0.25, 0.3) is 0 Å². The van der Waals surface area contributed by atoms with Gasteiger partial charge < -0.3 is 5.32 Å². The summed E-state index contributed by atoms with van der Waals surface area (Å²) in [5, 5.41) is 3.14. The van der Waals surface area contributed by atoms with Crippen molar-refractivity contribution in [2.45, 2.75) is 12.5 Å². The van der Waals surface area contributed by atoms with Crippen LogP contribution in [-0.4, -0.2) is 7.05 Å². The molecule has 0 saturated heterocycles. The molecule has 0 heterocycles. The summed E-state index contributed by atoms with van der Waals surface area (Å²) in [4.78, 5) is 0. The van der Waals surface area contributed by atoms with Gasteiger partial charge in [0.1, 0.15) is 0 Å². The zero-order valence-electron chi connectivity index (χ0n) is 10.8. The van der Waals surface area contributed by atoms with Gasteiger partial charge in [0.2, 0.25) is 0 Å². The van der Waals surface area contributed by atoms with Crippen LogP contribution in [-0.2, 0) is 6.42 Å². The van der Waals surface area contributed by atoms with E-state index in [-0.39, 0.29) is 6.04 Å². The maximum Gasteiger partial charge on any atom is 0.162 e. The molecule has 1 unspecified atom stereocenters. The van der Waals surface area contributed by atoms with E-state index < -0.39 is 11.6 Å².